The predicted molar refractivity (Wildman–Crippen MR) is 97.5 cm³/mol. The first kappa shape index (κ1) is 16.0. The average molecular weight is 316 g/mol. The molecule has 0 heterocycles. The molecule has 0 aliphatic carbocycles. The summed E-state index contributed by atoms with van der Waals surface area (Å²) in [5.41, 5.74) is 2.89. The van der Waals surface area contributed by atoms with E-state index in [1.54, 1.807) is 0 Å². The lowest BCUT2D eigenvalue weighted by Gasteiger charge is -2.19. The molecule has 3 aromatic carbocycles. The number of amides is 1. The lowest BCUT2D eigenvalue weighted by atomic mass is 10.1. The van der Waals surface area contributed by atoms with Crippen LogP contribution in [0.25, 0.3) is 0 Å². The summed E-state index contributed by atoms with van der Waals surface area (Å²) in [4.78, 5) is 12.8. The maximum atomic E-state index is 12.8. The maximum absolute atomic E-state index is 12.8. The molecule has 0 aliphatic rings. The molecule has 1 unspecified atom stereocenters. The zero-order chi connectivity index (χ0) is 16.6. The van der Waals surface area contributed by atoms with Crippen LogP contribution in [0.2, 0.25) is 0 Å². The number of carbonyl (C=O) groups excluding carboxylic acids is 1. The van der Waals surface area contributed by atoms with E-state index < -0.39 is 6.04 Å². The van der Waals surface area contributed by atoms with E-state index in [4.69, 9.17) is 0 Å². The molecule has 120 valence electrons. The minimum atomic E-state index is -0.411. The van der Waals surface area contributed by atoms with Gasteiger partial charge < -0.3 is 5.32 Å². The van der Waals surface area contributed by atoms with E-state index in [1.165, 1.54) is 0 Å². The molecule has 0 radical (unpaired) electrons. The van der Waals surface area contributed by atoms with Crippen LogP contribution in [0.3, 0.4) is 0 Å². The number of hydrogen-bond donors (Lipinski definition) is 2. The zero-order valence-corrected chi connectivity index (χ0v) is 13.4. The Labute approximate surface area is 142 Å². The van der Waals surface area contributed by atoms with Crippen molar-refractivity contribution in [2.24, 2.45) is 0 Å². The van der Waals surface area contributed by atoms with Crippen molar-refractivity contribution >= 4 is 11.6 Å². The predicted octanol–water partition coefficient (Wildman–Crippen LogP) is 4.16. The quantitative estimate of drug-likeness (QED) is 0.717. The van der Waals surface area contributed by atoms with Crippen molar-refractivity contribution < 1.29 is 4.79 Å². The maximum Gasteiger partial charge on any atom is 0.246 e. The van der Waals surface area contributed by atoms with Crippen molar-refractivity contribution in [2.75, 3.05) is 5.32 Å². The summed E-state index contributed by atoms with van der Waals surface area (Å²) in [5.74, 6) is -0.0664. The van der Waals surface area contributed by atoms with Crippen molar-refractivity contribution in [3.8, 4) is 0 Å². The van der Waals surface area contributed by atoms with Crippen LogP contribution in [0.1, 0.15) is 17.2 Å². The second-order valence-electron chi connectivity index (χ2n) is 5.57. The summed E-state index contributed by atoms with van der Waals surface area (Å²) in [6.07, 6.45) is 0. The van der Waals surface area contributed by atoms with E-state index in [9.17, 15) is 4.79 Å². The number of anilines is 1. The number of carbonyl (C=O) groups is 1. The van der Waals surface area contributed by atoms with Gasteiger partial charge in [-0.1, -0.05) is 78.9 Å². The third kappa shape index (κ3) is 4.31. The third-order valence-electron chi connectivity index (χ3n) is 3.79. The first-order valence-corrected chi connectivity index (χ1v) is 8.01. The molecule has 3 rings (SSSR count). The lowest BCUT2D eigenvalue weighted by molar-refractivity contribution is -0.118. The van der Waals surface area contributed by atoms with E-state index >= 15 is 0 Å². The minimum absolute atomic E-state index is 0.0664. The van der Waals surface area contributed by atoms with E-state index in [-0.39, 0.29) is 5.91 Å². The number of hydrogen-bond acceptors (Lipinski definition) is 2. The van der Waals surface area contributed by atoms with Crippen LogP contribution in [0, 0.1) is 0 Å². The van der Waals surface area contributed by atoms with Crippen LogP contribution in [0.15, 0.2) is 91.0 Å². The highest BCUT2D eigenvalue weighted by atomic mass is 16.2. The normalized spacial score (nSPS) is 11.7. The fraction of sp³-hybridized carbons (Fsp3) is 0.0952. The molecule has 0 fully saturated rings. The Kier molecular flexibility index (Phi) is 5.38. The van der Waals surface area contributed by atoms with Gasteiger partial charge in [0.2, 0.25) is 5.91 Å². The molecular weight excluding hydrogens is 296 g/mol. The highest BCUT2D eigenvalue weighted by Gasteiger charge is 2.20. The van der Waals surface area contributed by atoms with Crippen LogP contribution in [-0.2, 0) is 11.3 Å². The number of para-hydroxylation sites is 1. The van der Waals surface area contributed by atoms with Gasteiger partial charge in [0, 0.05) is 12.2 Å². The van der Waals surface area contributed by atoms with Crippen LogP contribution in [0.4, 0.5) is 5.69 Å². The van der Waals surface area contributed by atoms with Crippen LogP contribution in [0.5, 0.6) is 0 Å². The molecule has 0 bridgehead atoms. The monoisotopic (exact) mass is 316 g/mol. The highest BCUT2D eigenvalue weighted by molar-refractivity contribution is 5.95. The Morgan fingerprint density at radius 2 is 1.29 bits per heavy atom. The SMILES string of the molecule is O=C(Nc1ccccc1)C(NCc1ccccc1)c1ccccc1. The van der Waals surface area contributed by atoms with Gasteiger partial charge in [0.25, 0.3) is 0 Å². The Morgan fingerprint density at radius 1 is 0.750 bits per heavy atom. The van der Waals surface area contributed by atoms with E-state index in [1.807, 2.05) is 91.0 Å². The summed E-state index contributed by atoms with van der Waals surface area (Å²) in [6.45, 7) is 0.628. The molecule has 3 heteroatoms. The van der Waals surface area contributed by atoms with Gasteiger partial charge in [0.05, 0.1) is 0 Å². The number of benzene rings is 3. The van der Waals surface area contributed by atoms with Gasteiger partial charge in [0.15, 0.2) is 0 Å². The molecule has 3 nitrogen and oxygen atoms in total. The average Bonchev–Trinajstić information content (AvgIpc) is 2.64. The van der Waals surface area contributed by atoms with Crippen molar-refractivity contribution in [3.05, 3.63) is 102 Å². The first-order chi connectivity index (χ1) is 11.8. The molecule has 0 spiro atoms. The van der Waals surface area contributed by atoms with E-state index in [0.717, 1.165) is 16.8 Å². The minimum Gasteiger partial charge on any atom is -0.324 e. The molecule has 24 heavy (non-hydrogen) atoms. The Bertz CT molecular complexity index is 758. The number of rotatable bonds is 6. The van der Waals surface area contributed by atoms with Gasteiger partial charge in [-0.25, -0.2) is 0 Å². The van der Waals surface area contributed by atoms with Crippen molar-refractivity contribution in [3.63, 3.8) is 0 Å². The summed E-state index contributed by atoms with van der Waals surface area (Å²) < 4.78 is 0. The van der Waals surface area contributed by atoms with Gasteiger partial charge in [-0.15, -0.1) is 0 Å². The molecule has 2 N–H and O–H groups in total. The molecule has 3 aromatic rings. The Hall–Kier alpha value is -2.91. The third-order valence-corrected chi connectivity index (χ3v) is 3.79. The fourth-order valence-electron chi connectivity index (χ4n) is 2.56. The Balaban J connectivity index is 1.75. The van der Waals surface area contributed by atoms with Gasteiger partial charge in [-0.2, -0.15) is 0 Å². The molecule has 0 aromatic heterocycles. The smallest absolute Gasteiger partial charge is 0.246 e. The summed E-state index contributed by atoms with van der Waals surface area (Å²) in [5, 5.41) is 6.34. The zero-order valence-electron chi connectivity index (χ0n) is 13.4. The van der Waals surface area contributed by atoms with Gasteiger partial charge in [0.1, 0.15) is 6.04 Å². The van der Waals surface area contributed by atoms with Gasteiger partial charge >= 0.3 is 0 Å². The summed E-state index contributed by atoms with van der Waals surface area (Å²) >= 11 is 0. The van der Waals surface area contributed by atoms with Crippen LogP contribution >= 0.6 is 0 Å². The lowest BCUT2D eigenvalue weighted by Crippen LogP contribution is -2.32. The first-order valence-electron chi connectivity index (χ1n) is 8.01. The van der Waals surface area contributed by atoms with Crippen LogP contribution in [-0.4, -0.2) is 5.91 Å². The van der Waals surface area contributed by atoms with Crippen LogP contribution < -0.4 is 10.6 Å². The van der Waals surface area contributed by atoms with Crippen molar-refractivity contribution in [1.29, 1.82) is 0 Å². The molecule has 1 atom stereocenters. The number of nitrogens with one attached hydrogen (secondary N) is 2. The topological polar surface area (TPSA) is 41.1 Å². The molecule has 1 amide bonds. The Morgan fingerprint density at radius 3 is 1.92 bits per heavy atom. The standard InChI is InChI=1S/C21H20N2O/c24-21(23-19-14-8-3-9-15-19)20(18-12-6-2-7-13-18)22-16-17-10-4-1-5-11-17/h1-15,20,22H,16H2,(H,23,24). The van der Waals surface area contributed by atoms with Crippen molar-refractivity contribution in [1.82, 2.24) is 5.32 Å². The molecular formula is C21H20N2O. The van der Waals surface area contributed by atoms with E-state index in [2.05, 4.69) is 10.6 Å². The summed E-state index contributed by atoms with van der Waals surface area (Å²) in [6, 6.07) is 29.0. The second kappa shape index (κ2) is 8.09. The molecule has 0 saturated heterocycles. The second-order valence-corrected chi connectivity index (χ2v) is 5.57. The summed E-state index contributed by atoms with van der Waals surface area (Å²) in [7, 11) is 0. The largest absolute Gasteiger partial charge is 0.324 e. The molecule has 0 saturated carbocycles. The fourth-order valence-corrected chi connectivity index (χ4v) is 2.56. The molecule has 0 aliphatic heterocycles. The van der Waals surface area contributed by atoms with Gasteiger partial charge in [-0.3, -0.25) is 10.1 Å². The van der Waals surface area contributed by atoms with E-state index in [0.29, 0.717) is 6.54 Å². The van der Waals surface area contributed by atoms with Crippen molar-refractivity contribution in [2.45, 2.75) is 12.6 Å². The van der Waals surface area contributed by atoms with Gasteiger partial charge in [-0.05, 0) is 23.3 Å². The highest BCUT2D eigenvalue weighted by Crippen LogP contribution is 2.17.